The third-order valence-electron chi connectivity index (χ3n) is 4.19. The van der Waals surface area contributed by atoms with Crippen LogP contribution in [-0.4, -0.2) is 40.3 Å². The molecule has 0 spiro atoms. The molecule has 7 nitrogen and oxygen atoms in total. The van der Waals surface area contributed by atoms with Crippen LogP contribution >= 0.6 is 0 Å². The molecule has 0 aromatic heterocycles. The summed E-state index contributed by atoms with van der Waals surface area (Å²) in [5, 5.41) is 2.84. The largest absolute Gasteiger partial charge is 0.494 e. The van der Waals surface area contributed by atoms with Crippen LogP contribution < -0.4 is 19.1 Å². The number of ether oxygens (including phenoxy) is 2. The lowest BCUT2D eigenvalue weighted by Gasteiger charge is -2.23. The molecule has 0 aliphatic rings. The summed E-state index contributed by atoms with van der Waals surface area (Å²) in [4.78, 5) is 12.5. The second-order valence-corrected chi connectivity index (χ2v) is 8.39. The molecule has 8 heteroatoms. The van der Waals surface area contributed by atoms with Crippen LogP contribution in [0.4, 0.5) is 5.69 Å². The van der Waals surface area contributed by atoms with Crippen LogP contribution in [0.5, 0.6) is 11.5 Å². The van der Waals surface area contributed by atoms with Gasteiger partial charge in [0.2, 0.25) is 15.9 Å². The average Bonchev–Trinajstić information content (AvgIpc) is 2.67. The highest BCUT2D eigenvalue weighted by Gasteiger charge is 2.22. The molecule has 2 rings (SSSR count). The van der Waals surface area contributed by atoms with Crippen molar-refractivity contribution in [1.82, 2.24) is 5.32 Å². The minimum Gasteiger partial charge on any atom is -0.494 e. The fraction of sp³-hybridized carbons (Fsp3) is 0.381. The maximum absolute atomic E-state index is 12.5. The monoisotopic (exact) mass is 420 g/mol. The molecule has 0 fully saturated rings. The Morgan fingerprint density at radius 3 is 1.90 bits per heavy atom. The molecule has 0 aliphatic heterocycles. The van der Waals surface area contributed by atoms with Crippen LogP contribution in [0, 0.1) is 0 Å². The molecule has 0 saturated heterocycles. The second kappa shape index (κ2) is 10.2. The molecular formula is C21H28N2O5S. The number of rotatable bonds is 10. The van der Waals surface area contributed by atoms with E-state index in [4.69, 9.17) is 9.47 Å². The van der Waals surface area contributed by atoms with Gasteiger partial charge >= 0.3 is 0 Å². The van der Waals surface area contributed by atoms with Crippen LogP contribution in [0.1, 0.15) is 32.4 Å². The number of hydrogen-bond donors (Lipinski definition) is 1. The van der Waals surface area contributed by atoms with Gasteiger partial charge in [-0.15, -0.1) is 0 Å². The zero-order valence-electron chi connectivity index (χ0n) is 17.2. The lowest BCUT2D eigenvalue weighted by molar-refractivity contribution is -0.120. The van der Waals surface area contributed by atoms with Gasteiger partial charge < -0.3 is 14.8 Å². The van der Waals surface area contributed by atoms with E-state index in [-0.39, 0.29) is 12.6 Å². The van der Waals surface area contributed by atoms with Gasteiger partial charge in [-0.3, -0.25) is 9.10 Å². The highest BCUT2D eigenvalue weighted by Crippen LogP contribution is 2.22. The zero-order valence-corrected chi connectivity index (χ0v) is 18.0. The lowest BCUT2D eigenvalue weighted by atomic mass is 10.1. The van der Waals surface area contributed by atoms with Gasteiger partial charge in [0, 0.05) is 0 Å². The maximum atomic E-state index is 12.5. The van der Waals surface area contributed by atoms with Gasteiger partial charge in [-0.2, -0.15) is 0 Å². The van der Waals surface area contributed by atoms with E-state index in [9.17, 15) is 13.2 Å². The summed E-state index contributed by atoms with van der Waals surface area (Å²) in [5.41, 5.74) is 1.30. The second-order valence-electron chi connectivity index (χ2n) is 6.49. The Morgan fingerprint density at radius 2 is 1.45 bits per heavy atom. The molecule has 158 valence electrons. The summed E-state index contributed by atoms with van der Waals surface area (Å²) >= 11 is 0. The number of nitrogens with zero attached hydrogens (tertiary/aromatic N) is 1. The smallest absolute Gasteiger partial charge is 0.241 e. The molecular weight excluding hydrogens is 392 g/mol. The van der Waals surface area contributed by atoms with E-state index in [0.717, 1.165) is 21.9 Å². The van der Waals surface area contributed by atoms with Gasteiger partial charge in [-0.1, -0.05) is 12.1 Å². The molecule has 0 saturated carbocycles. The van der Waals surface area contributed by atoms with Crippen LogP contribution in [0.25, 0.3) is 0 Å². The molecule has 2 aromatic rings. The number of hydrogen-bond acceptors (Lipinski definition) is 5. The molecule has 1 N–H and O–H groups in total. The van der Waals surface area contributed by atoms with Crippen molar-refractivity contribution < 1.29 is 22.7 Å². The first-order valence-electron chi connectivity index (χ1n) is 9.47. The summed E-state index contributed by atoms with van der Waals surface area (Å²) in [6.45, 7) is 6.41. The van der Waals surface area contributed by atoms with Crippen molar-refractivity contribution in [1.29, 1.82) is 0 Å². The Balaban J connectivity index is 2.07. The van der Waals surface area contributed by atoms with E-state index in [2.05, 4.69) is 5.32 Å². The SMILES string of the molecule is CCOc1ccc(C(C)NC(=O)CN(c2ccc(OCC)cc2)S(C)(=O)=O)cc1. The molecule has 2 aromatic carbocycles. The summed E-state index contributed by atoms with van der Waals surface area (Å²) in [7, 11) is -3.64. The Bertz CT molecular complexity index is 896. The van der Waals surface area contributed by atoms with Gasteiger partial charge in [-0.05, 0) is 62.7 Å². The third-order valence-corrected chi connectivity index (χ3v) is 5.33. The molecule has 1 unspecified atom stereocenters. The Labute approximate surface area is 172 Å². The van der Waals surface area contributed by atoms with Crippen molar-refractivity contribution in [2.45, 2.75) is 26.8 Å². The normalized spacial score (nSPS) is 12.1. The van der Waals surface area contributed by atoms with Crippen LogP contribution in [0.15, 0.2) is 48.5 Å². The van der Waals surface area contributed by atoms with Gasteiger partial charge in [0.1, 0.15) is 18.0 Å². The predicted molar refractivity (Wildman–Crippen MR) is 114 cm³/mol. The highest BCUT2D eigenvalue weighted by atomic mass is 32.2. The number of anilines is 1. The summed E-state index contributed by atoms with van der Waals surface area (Å²) in [6.07, 6.45) is 1.08. The molecule has 0 radical (unpaired) electrons. The standard InChI is InChI=1S/C21H28N2O5S/c1-5-27-19-11-7-17(8-12-19)16(3)22-21(24)15-23(29(4,25)26)18-9-13-20(14-10-18)28-6-2/h7-14,16H,5-6,15H2,1-4H3,(H,22,24). The van der Waals surface area contributed by atoms with Crippen LogP contribution in [0.3, 0.4) is 0 Å². The fourth-order valence-corrected chi connectivity index (χ4v) is 3.65. The van der Waals surface area contributed by atoms with Crippen LogP contribution in [0.2, 0.25) is 0 Å². The summed E-state index contributed by atoms with van der Waals surface area (Å²) in [6, 6.07) is 13.7. The minimum absolute atomic E-state index is 0.278. The Hall–Kier alpha value is -2.74. The van der Waals surface area contributed by atoms with Crippen molar-refractivity contribution in [2.24, 2.45) is 0 Å². The van der Waals surface area contributed by atoms with E-state index in [1.165, 1.54) is 0 Å². The summed E-state index contributed by atoms with van der Waals surface area (Å²) < 4.78 is 36.3. The molecule has 0 aliphatic carbocycles. The first-order chi connectivity index (χ1) is 13.7. The molecule has 1 amide bonds. The van der Waals surface area contributed by atoms with Crippen molar-refractivity contribution in [3.8, 4) is 11.5 Å². The molecule has 1 atom stereocenters. The van der Waals surface area contributed by atoms with E-state index in [1.807, 2.05) is 45.0 Å². The van der Waals surface area contributed by atoms with Gasteiger partial charge in [0.15, 0.2) is 0 Å². The number of amides is 1. The molecule has 0 heterocycles. The van der Waals surface area contributed by atoms with Crippen molar-refractivity contribution in [2.75, 3.05) is 30.3 Å². The van der Waals surface area contributed by atoms with E-state index < -0.39 is 15.9 Å². The summed E-state index contributed by atoms with van der Waals surface area (Å²) in [5.74, 6) is 0.998. The van der Waals surface area contributed by atoms with E-state index >= 15 is 0 Å². The number of nitrogens with one attached hydrogen (secondary N) is 1. The van der Waals surface area contributed by atoms with Crippen molar-refractivity contribution in [3.05, 3.63) is 54.1 Å². The number of carbonyl (C=O) groups excluding carboxylic acids is 1. The lowest BCUT2D eigenvalue weighted by Crippen LogP contribution is -2.41. The minimum atomic E-state index is -3.64. The topological polar surface area (TPSA) is 84.9 Å². The van der Waals surface area contributed by atoms with Gasteiger partial charge in [-0.25, -0.2) is 8.42 Å². The molecule has 0 bridgehead atoms. The Morgan fingerprint density at radius 1 is 0.966 bits per heavy atom. The fourth-order valence-electron chi connectivity index (χ4n) is 2.80. The average molecular weight is 421 g/mol. The number of sulfonamides is 1. The first-order valence-corrected chi connectivity index (χ1v) is 11.3. The highest BCUT2D eigenvalue weighted by molar-refractivity contribution is 7.92. The zero-order chi connectivity index (χ0) is 21.4. The Kier molecular flexibility index (Phi) is 7.90. The van der Waals surface area contributed by atoms with Crippen molar-refractivity contribution >= 4 is 21.6 Å². The van der Waals surface area contributed by atoms with E-state index in [0.29, 0.717) is 24.7 Å². The van der Waals surface area contributed by atoms with Crippen LogP contribution in [-0.2, 0) is 14.8 Å². The number of carbonyl (C=O) groups is 1. The predicted octanol–water partition coefficient (Wildman–Crippen LogP) is 3.13. The van der Waals surface area contributed by atoms with E-state index in [1.54, 1.807) is 24.3 Å². The van der Waals surface area contributed by atoms with Gasteiger partial charge in [0.05, 0.1) is 31.2 Å². The first kappa shape index (κ1) is 22.5. The van der Waals surface area contributed by atoms with Crippen molar-refractivity contribution in [3.63, 3.8) is 0 Å². The van der Waals surface area contributed by atoms with Gasteiger partial charge in [0.25, 0.3) is 0 Å². The quantitative estimate of drug-likeness (QED) is 0.638. The third kappa shape index (κ3) is 6.67. The molecule has 29 heavy (non-hydrogen) atoms. The number of benzene rings is 2. The maximum Gasteiger partial charge on any atom is 0.241 e.